The Bertz CT molecular complexity index is 670. The van der Waals surface area contributed by atoms with E-state index in [-0.39, 0.29) is 17.3 Å². The monoisotopic (exact) mass is 411 g/mol. The van der Waals surface area contributed by atoms with Crippen molar-refractivity contribution in [3.8, 4) is 0 Å². The van der Waals surface area contributed by atoms with E-state index >= 15 is 0 Å². The Morgan fingerprint density at radius 2 is 2.11 bits per heavy atom. The van der Waals surface area contributed by atoms with E-state index in [0.717, 1.165) is 38.0 Å². The maximum absolute atomic E-state index is 13.0. The molecule has 1 fully saturated rings. The summed E-state index contributed by atoms with van der Waals surface area (Å²) in [6.07, 6.45) is 6.04. The maximum Gasteiger partial charge on any atom is 0.229 e. The molecule has 2 aliphatic heterocycles. The second-order valence-corrected chi connectivity index (χ2v) is 8.53. The number of nitrogens with one attached hydrogen (secondary N) is 3. The first kappa shape index (κ1) is 20.2. The first-order valence-corrected chi connectivity index (χ1v) is 11.4. The first-order valence-electron chi connectivity index (χ1n) is 8.93. The molecule has 3 rings (SSSR count). The molecular formula is C18H25N3O4S2. The summed E-state index contributed by atoms with van der Waals surface area (Å²) in [5, 5.41) is 8.10. The number of thioether (sulfide) groups is 1. The second kappa shape index (κ2) is 10.1. The molecule has 3 N–H and O–H groups in total. The van der Waals surface area contributed by atoms with Crippen molar-refractivity contribution in [2.24, 2.45) is 5.92 Å². The third-order valence-corrected chi connectivity index (χ3v) is 5.76. The third kappa shape index (κ3) is 6.24. The van der Waals surface area contributed by atoms with Crippen LogP contribution in [0.15, 0.2) is 35.9 Å². The molecule has 3 atom stereocenters. The molecule has 148 valence electrons. The van der Waals surface area contributed by atoms with Crippen molar-refractivity contribution in [3.63, 3.8) is 0 Å². The van der Waals surface area contributed by atoms with Crippen LogP contribution in [0.5, 0.6) is 0 Å². The summed E-state index contributed by atoms with van der Waals surface area (Å²) in [6, 6.07) is 7.50. The van der Waals surface area contributed by atoms with E-state index in [1.54, 1.807) is 11.8 Å². The Labute approximate surface area is 166 Å². The van der Waals surface area contributed by atoms with Crippen LogP contribution in [-0.2, 0) is 24.9 Å². The Hall–Kier alpha value is -1.55. The zero-order chi connectivity index (χ0) is 19.1. The number of carbonyl (C=O) groups is 1. The minimum atomic E-state index is -1.40. The molecule has 7 nitrogen and oxygen atoms in total. The summed E-state index contributed by atoms with van der Waals surface area (Å²) in [5.41, 5.74) is 4.17. The van der Waals surface area contributed by atoms with Crippen LogP contribution in [0.2, 0.25) is 0 Å². The topological polar surface area (TPSA) is 88.7 Å². The van der Waals surface area contributed by atoms with Crippen molar-refractivity contribution in [1.82, 2.24) is 10.6 Å². The number of anilines is 1. The average molecular weight is 412 g/mol. The van der Waals surface area contributed by atoms with Crippen LogP contribution in [0.25, 0.3) is 0 Å². The van der Waals surface area contributed by atoms with E-state index in [4.69, 9.17) is 9.02 Å². The molecule has 2 heterocycles. The van der Waals surface area contributed by atoms with Gasteiger partial charge in [0.2, 0.25) is 5.91 Å². The minimum absolute atomic E-state index is 0.0156. The van der Waals surface area contributed by atoms with Crippen LogP contribution >= 0.6 is 11.8 Å². The average Bonchev–Trinajstić information content (AvgIpc) is 3.19. The van der Waals surface area contributed by atoms with Gasteiger partial charge in [0, 0.05) is 25.7 Å². The van der Waals surface area contributed by atoms with Gasteiger partial charge in [-0.15, -0.1) is 0 Å². The highest BCUT2D eigenvalue weighted by Crippen LogP contribution is 2.31. The largest absolute Gasteiger partial charge is 0.381 e. The zero-order valence-corrected chi connectivity index (χ0v) is 16.8. The van der Waals surface area contributed by atoms with Gasteiger partial charge in [0.25, 0.3) is 0 Å². The summed E-state index contributed by atoms with van der Waals surface area (Å²) in [6.45, 7) is 1.52. The van der Waals surface area contributed by atoms with Crippen LogP contribution in [0.1, 0.15) is 30.7 Å². The number of benzene rings is 1. The Morgan fingerprint density at radius 1 is 1.37 bits per heavy atom. The van der Waals surface area contributed by atoms with Gasteiger partial charge in [0.1, 0.15) is 0 Å². The van der Waals surface area contributed by atoms with E-state index in [0.29, 0.717) is 11.6 Å². The standard InChI is InChI=1S/C18H25N3O4S2/c1-27(23)25-21-15-4-2-14(3-5-15)16(12-13-6-9-24-10-7-13)17(22)20-18-19-8-11-26-18/h2-5,8,11,13,16,18-19,21H,6-7,9-10,12H2,1H3,(H,20,22). The van der Waals surface area contributed by atoms with Gasteiger partial charge in [-0.05, 0) is 48.3 Å². The summed E-state index contributed by atoms with van der Waals surface area (Å²) in [7, 11) is 0. The summed E-state index contributed by atoms with van der Waals surface area (Å²) in [5.74, 6) is 0.258. The normalized spacial score (nSPS) is 22.0. The van der Waals surface area contributed by atoms with Gasteiger partial charge in [-0.3, -0.25) is 10.3 Å². The SMILES string of the molecule is CS(=O)ONc1ccc(C(CC2CCOCC2)C(=O)NC2NC=CS2)cc1. The lowest BCUT2D eigenvalue weighted by atomic mass is 9.84. The van der Waals surface area contributed by atoms with Crippen molar-refractivity contribution < 1.29 is 18.0 Å². The van der Waals surface area contributed by atoms with Crippen LogP contribution < -0.4 is 16.1 Å². The van der Waals surface area contributed by atoms with Crippen LogP contribution in [0.4, 0.5) is 5.69 Å². The van der Waals surface area contributed by atoms with Crippen LogP contribution in [0, 0.1) is 5.92 Å². The first-order chi connectivity index (χ1) is 13.1. The quantitative estimate of drug-likeness (QED) is 0.566. The predicted molar refractivity (Wildman–Crippen MR) is 108 cm³/mol. The maximum atomic E-state index is 13.0. The fourth-order valence-corrected chi connectivity index (χ4v) is 4.06. The van der Waals surface area contributed by atoms with Gasteiger partial charge in [-0.1, -0.05) is 23.9 Å². The van der Waals surface area contributed by atoms with Gasteiger partial charge in [0.05, 0.1) is 11.6 Å². The molecule has 0 aliphatic carbocycles. The van der Waals surface area contributed by atoms with Gasteiger partial charge < -0.3 is 15.4 Å². The van der Waals surface area contributed by atoms with Crippen molar-refractivity contribution in [1.29, 1.82) is 0 Å². The molecule has 0 bridgehead atoms. The molecule has 27 heavy (non-hydrogen) atoms. The van der Waals surface area contributed by atoms with Gasteiger partial charge in [-0.2, -0.15) is 4.28 Å². The second-order valence-electron chi connectivity index (χ2n) is 6.55. The number of hydrogen-bond acceptors (Lipinski definition) is 7. The Balaban J connectivity index is 1.69. The van der Waals surface area contributed by atoms with Gasteiger partial charge in [0.15, 0.2) is 16.6 Å². The molecule has 1 amide bonds. The number of amides is 1. The molecular weight excluding hydrogens is 386 g/mol. The van der Waals surface area contributed by atoms with Crippen molar-refractivity contribution in [2.75, 3.05) is 24.9 Å². The third-order valence-electron chi connectivity index (χ3n) is 4.62. The van der Waals surface area contributed by atoms with Crippen molar-refractivity contribution >= 4 is 34.4 Å². The van der Waals surface area contributed by atoms with Crippen molar-refractivity contribution in [3.05, 3.63) is 41.4 Å². The minimum Gasteiger partial charge on any atom is -0.381 e. The summed E-state index contributed by atoms with van der Waals surface area (Å²) >= 11 is 0.144. The molecule has 0 spiro atoms. The summed E-state index contributed by atoms with van der Waals surface area (Å²) < 4.78 is 21.4. The smallest absolute Gasteiger partial charge is 0.229 e. The molecule has 1 saturated heterocycles. The number of carbonyl (C=O) groups excluding carboxylic acids is 1. The lowest BCUT2D eigenvalue weighted by molar-refractivity contribution is -0.123. The lowest BCUT2D eigenvalue weighted by Gasteiger charge is -2.27. The van der Waals surface area contributed by atoms with E-state index in [1.807, 2.05) is 35.9 Å². The van der Waals surface area contributed by atoms with E-state index in [9.17, 15) is 9.00 Å². The fourth-order valence-electron chi connectivity index (χ4n) is 3.19. The molecule has 0 saturated carbocycles. The number of rotatable bonds is 8. The van der Waals surface area contributed by atoms with Gasteiger partial charge >= 0.3 is 0 Å². The summed E-state index contributed by atoms with van der Waals surface area (Å²) in [4.78, 5) is 13.0. The van der Waals surface area contributed by atoms with E-state index in [1.165, 1.54) is 6.26 Å². The molecule has 3 unspecified atom stereocenters. The van der Waals surface area contributed by atoms with E-state index < -0.39 is 11.1 Å². The molecule has 9 heteroatoms. The number of hydrogen-bond donors (Lipinski definition) is 3. The van der Waals surface area contributed by atoms with Gasteiger partial charge in [-0.25, -0.2) is 4.21 Å². The van der Waals surface area contributed by atoms with Crippen LogP contribution in [-0.4, -0.2) is 35.1 Å². The highest BCUT2D eigenvalue weighted by Gasteiger charge is 2.28. The fraction of sp³-hybridized carbons (Fsp3) is 0.500. The molecule has 0 radical (unpaired) electrons. The lowest BCUT2D eigenvalue weighted by Crippen LogP contribution is -2.41. The van der Waals surface area contributed by atoms with Crippen molar-refractivity contribution in [2.45, 2.75) is 30.7 Å². The molecule has 1 aromatic rings. The van der Waals surface area contributed by atoms with E-state index in [2.05, 4.69) is 16.1 Å². The molecule has 2 aliphatic rings. The zero-order valence-electron chi connectivity index (χ0n) is 15.2. The molecule has 0 aromatic heterocycles. The Kier molecular flexibility index (Phi) is 7.57. The Morgan fingerprint density at radius 3 is 2.74 bits per heavy atom. The highest BCUT2D eigenvalue weighted by molar-refractivity contribution is 8.02. The van der Waals surface area contributed by atoms with Crippen LogP contribution in [0.3, 0.4) is 0 Å². The highest BCUT2D eigenvalue weighted by atomic mass is 32.2. The number of ether oxygens (including phenoxy) is 1. The molecule has 1 aromatic carbocycles. The predicted octanol–water partition coefficient (Wildman–Crippen LogP) is 2.43.